The van der Waals surface area contributed by atoms with Crippen LogP contribution in [0.4, 0.5) is 11.4 Å². The molecule has 1 amide bonds. The molecule has 1 saturated heterocycles. The predicted molar refractivity (Wildman–Crippen MR) is 136 cm³/mol. The Hall–Kier alpha value is -3.98. The van der Waals surface area contributed by atoms with E-state index < -0.39 is 5.60 Å². The lowest BCUT2D eigenvalue weighted by molar-refractivity contribution is -0.137. The number of para-hydroxylation sites is 1. The molecule has 3 heterocycles. The smallest absolute Gasteiger partial charge is 0.264 e. The maximum absolute atomic E-state index is 13.2. The van der Waals surface area contributed by atoms with Gasteiger partial charge in [-0.15, -0.1) is 0 Å². The number of hydrogen-bond donors (Lipinski definition) is 2. The number of benzene rings is 2. The topological polar surface area (TPSA) is 105 Å². The van der Waals surface area contributed by atoms with E-state index in [1.54, 1.807) is 4.68 Å². The number of piperidine rings is 1. The number of carbonyl (C=O) groups is 1. The minimum Gasteiger partial charge on any atom is -0.388 e. The molecule has 0 spiro atoms. The molecule has 9 nitrogen and oxygen atoms in total. The summed E-state index contributed by atoms with van der Waals surface area (Å²) in [5.74, 6) is 0.379. The van der Waals surface area contributed by atoms with Crippen LogP contribution in [0.5, 0.6) is 0 Å². The Morgan fingerprint density at radius 3 is 2.56 bits per heavy atom. The van der Waals surface area contributed by atoms with Crippen molar-refractivity contribution < 1.29 is 9.90 Å². The summed E-state index contributed by atoms with van der Waals surface area (Å²) in [6, 6.07) is 17.6. The number of hydrogen-bond acceptors (Lipinski definition) is 6. The Bertz CT molecular complexity index is 1470. The third-order valence-electron chi connectivity index (χ3n) is 7.10. The van der Waals surface area contributed by atoms with Crippen molar-refractivity contribution in [1.82, 2.24) is 24.2 Å². The van der Waals surface area contributed by atoms with Crippen molar-refractivity contribution in [2.45, 2.75) is 37.8 Å². The highest BCUT2D eigenvalue weighted by Gasteiger charge is 2.39. The summed E-state index contributed by atoms with van der Waals surface area (Å²) in [7, 11) is 0. The number of aliphatic hydroxyl groups is 1. The van der Waals surface area contributed by atoms with Gasteiger partial charge in [-0.3, -0.25) is 14.2 Å². The molecule has 0 atom stereocenters. The van der Waals surface area contributed by atoms with Crippen LogP contribution < -0.4 is 10.9 Å². The van der Waals surface area contributed by atoms with E-state index in [9.17, 15) is 14.7 Å². The molecule has 0 unspecified atom stereocenters. The van der Waals surface area contributed by atoms with Gasteiger partial charge >= 0.3 is 0 Å². The highest BCUT2D eigenvalue weighted by molar-refractivity contribution is 5.81. The highest BCUT2D eigenvalue weighted by atomic mass is 16.3. The summed E-state index contributed by atoms with van der Waals surface area (Å²) in [6.45, 7) is 1.17. The molecular formula is C27H28N6O3. The molecule has 1 aliphatic heterocycles. The Balaban J connectivity index is 1.21. The molecule has 2 fully saturated rings. The molecule has 36 heavy (non-hydrogen) atoms. The third kappa shape index (κ3) is 4.37. The van der Waals surface area contributed by atoms with Crippen molar-refractivity contribution in [2.24, 2.45) is 5.92 Å². The minimum absolute atomic E-state index is 0.141. The van der Waals surface area contributed by atoms with Gasteiger partial charge in [0, 0.05) is 30.4 Å². The molecule has 1 aliphatic carbocycles. The number of amides is 1. The quantitative estimate of drug-likeness (QED) is 0.436. The molecule has 184 valence electrons. The maximum Gasteiger partial charge on any atom is 0.264 e. The lowest BCUT2D eigenvalue weighted by Crippen LogP contribution is -2.50. The van der Waals surface area contributed by atoms with E-state index in [2.05, 4.69) is 15.4 Å². The monoisotopic (exact) mass is 484 g/mol. The van der Waals surface area contributed by atoms with Crippen molar-refractivity contribution in [2.75, 3.05) is 18.4 Å². The zero-order valence-corrected chi connectivity index (χ0v) is 19.9. The first kappa shape index (κ1) is 22.5. The lowest BCUT2D eigenvalue weighted by atomic mass is 9.91. The van der Waals surface area contributed by atoms with E-state index >= 15 is 0 Å². The Morgan fingerprint density at radius 1 is 1.06 bits per heavy atom. The molecule has 2 aliphatic rings. The average Bonchev–Trinajstić information content (AvgIpc) is 3.65. The van der Waals surface area contributed by atoms with Crippen LogP contribution >= 0.6 is 0 Å². The van der Waals surface area contributed by atoms with E-state index in [-0.39, 0.29) is 23.9 Å². The molecule has 9 heteroatoms. The van der Waals surface area contributed by atoms with Gasteiger partial charge in [0.2, 0.25) is 5.91 Å². The van der Waals surface area contributed by atoms with Gasteiger partial charge < -0.3 is 15.3 Å². The second-order valence-electron chi connectivity index (χ2n) is 9.84. The van der Waals surface area contributed by atoms with Gasteiger partial charge in [-0.25, -0.2) is 9.67 Å². The van der Waals surface area contributed by atoms with Crippen LogP contribution in [0.3, 0.4) is 0 Å². The number of carbonyl (C=O) groups excluding carboxylic acids is 1. The van der Waals surface area contributed by atoms with Crippen LogP contribution in [-0.2, 0) is 11.3 Å². The second-order valence-corrected chi connectivity index (χ2v) is 9.84. The number of fused-ring (bicyclic) bond motifs is 1. The molecule has 6 rings (SSSR count). The predicted octanol–water partition coefficient (Wildman–Crippen LogP) is 3.09. The first-order valence-corrected chi connectivity index (χ1v) is 12.4. The summed E-state index contributed by atoms with van der Waals surface area (Å²) in [4.78, 5) is 32.0. The Labute approximate surface area is 208 Å². The fraction of sp³-hybridized carbons (Fsp3) is 0.333. The van der Waals surface area contributed by atoms with Gasteiger partial charge in [0.1, 0.15) is 11.7 Å². The molecular weight excluding hydrogens is 456 g/mol. The Morgan fingerprint density at radius 2 is 1.81 bits per heavy atom. The number of anilines is 2. The summed E-state index contributed by atoms with van der Waals surface area (Å²) >= 11 is 0. The number of aromatic nitrogens is 4. The van der Waals surface area contributed by atoms with Gasteiger partial charge in [0.25, 0.3) is 5.56 Å². The Kier molecular flexibility index (Phi) is 5.56. The highest BCUT2D eigenvalue weighted by Crippen LogP contribution is 2.33. The van der Waals surface area contributed by atoms with Crippen LogP contribution in [-0.4, -0.2) is 53.9 Å². The van der Waals surface area contributed by atoms with Gasteiger partial charge in [-0.05, 0) is 56.0 Å². The van der Waals surface area contributed by atoms with E-state index in [0.717, 1.165) is 29.9 Å². The van der Waals surface area contributed by atoms with Crippen molar-refractivity contribution >= 4 is 28.3 Å². The second kappa shape index (κ2) is 8.91. The van der Waals surface area contributed by atoms with Gasteiger partial charge in [-0.1, -0.05) is 24.3 Å². The summed E-state index contributed by atoms with van der Waals surface area (Å²) in [5.41, 5.74) is 1.82. The van der Waals surface area contributed by atoms with Gasteiger partial charge in [-0.2, -0.15) is 5.10 Å². The van der Waals surface area contributed by atoms with Crippen LogP contribution in [0.2, 0.25) is 0 Å². The van der Waals surface area contributed by atoms with Crippen LogP contribution in [0.25, 0.3) is 16.7 Å². The van der Waals surface area contributed by atoms with Crippen molar-refractivity contribution in [3.8, 4) is 5.69 Å². The minimum atomic E-state index is -1.05. The number of rotatable bonds is 6. The normalized spacial score (nSPS) is 17.3. The standard InChI is InChI=1S/C27H28N6O3/c34-25(19-9-10-19)31-13-11-27(36,12-14-31)17-32-18-28-24-23(26(32)35)16-29-33(24)22-8-4-7-21(15-22)30-20-5-2-1-3-6-20/h1-8,15-16,18-19,30,36H,9-14,17H2. The number of likely N-dealkylation sites (tertiary alicyclic amines) is 1. The van der Waals surface area contributed by atoms with Gasteiger partial charge in [0.15, 0.2) is 5.65 Å². The third-order valence-corrected chi connectivity index (χ3v) is 7.10. The number of nitrogens with zero attached hydrogens (tertiary/aromatic N) is 5. The maximum atomic E-state index is 13.2. The van der Waals surface area contributed by atoms with E-state index in [1.807, 2.05) is 59.5 Å². The van der Waals surface area contributed by atoms with Crippen LogP contribution in [0.1, 0.15) is 25.7 Å². The SMILES string of the molecule is O=C(C1CC1)N1CCC(O)(Cn2cnc3c(cnn3-c3cccc(Nc4ccccc4)c3)c2=O)CC1. The summed E-state index contributed by atoms with van der Waals surface area (Å²) < 4.78 is 3.11. The van der Waals surface area contributed by atoms with Crippen LogP contribution in [0, 0.1) is 5.92 Å². The zero-order chi connectivity index (χ0) is 24.7. The molecule has 2 aromatic carbocycles. The molecule has 2 aromatic heterocycles. The molecule has 1 saturated carbocycles. The first-order chi connectivity index (χ1) is 17.5. The lowest BCUT2D eigenvalue weighted by Gasteiger charge is -2.38. The zero-order valence-electron chi connectivity index (χ0n) is 19.9. The molecule has 2 N–H and O–H groups in total. The van der Waals surface area contributed by atoms with Crippen molar-refractivity contribution in [1.29, 1.82) is 0 Å². The van der Waals surface area contributed by atoms with Crippen molar-refractivity contribution in [3.63, 3.8) is 0 Å². The summed E-state index contributed by atoms with van der Waals surface area (Å²) in [5, 5.41) is 19.4. The first-order valence-electron chi connectivity index (χ1n) is 12.4. The van der Waals surface area contributed by atoms with E-state index in [4.69, 9.17) is 0 Å². The molecule has 4 aromatic rings. The molecule has 0 radical (unpaired) electrons. The van der Waals surface area contributed by atoms with Gasteiger partial charge in [0.05, 0.1) is 24.0 Å². The van der Waals surface area contributed by atoms with E-state index in [0.29, 0.717) is 37.0 Å². The molecule has 0 bridgehead atoms. The average molecular weight is 485 g/mol. The fourth-order valence-corrected chi connectivity index (χ4v) is 4.86. The summed E-state index contributed by atoms with van der Waals surface area (Å²) in [6.07, 6.45) is 5.84. The van der Waals surface area contributed by atoms with Crippen LogP contribution in [0.15, 0.2) is 71.9 Å². The fourth-order valence-electron chi connectivity index (χ4n) is 4.86. The number of nitrogens with one attached hydrogen (secondary N) is 1. The van der Waals surface area contributed by atoms with E-state index in [1.165, 1.54) is 17.1 Å². The largest absolute Gasteiger partial charge is 0.388 e. The van der Waals surface area contributed by atoms with Crippen molar-refractivity contribution in [3.05, 3.63) is 77.5 Å².